The summed E-state index contributed by atoms with van der Waals surface area (Å²) < 4.78 is 13.3. The first kappa shape index (κ1) is 117. The van der Waals surface area contributed by atoms with Crippen molar-refractivity contribution in [2.75, 3.05) is 0 Å². The van der Waals surface area contributed by atoms with Crippen LogP contribution in [0.2, 0.25) is 16.6 Å². The molecule has 754 valence electrons. The van der Waals surface area contributed by atoms with E-state index in [0.717, 1.165) is 89.5 Å². The summed E-state index contributed by atoms with van der Waals surface area (Å²) in [5.74, 6) is 60.2. The lowest BCUT2D eigenvalue weighted by molar-refractivity contribution is 0.0239. The van der Waals surface area contributed by atoms with Crippen molar-refractivity contribution in [3.8, 4) is 106 Å². The number of aliphatic hydroxyl groups is 3. The van der Waals surface area contributed by atoms with E-state index in [4.69, 9.17) is 0 Å². The molecule has 5 heteroatoms. The number of rotatable bonds is 12. The maximum Gasteiger partial charge on any atom is 0.146 e. The number of hydrogen-bond acceptors (Lipinski definition) is 3. The van der Waals surface area contributed by atoms with Gasteiger partial charge in [0.05, 0.1) is 0 Å². The first-order valence-electron chi connectivity index (χ1n) is 54.0. The summed E-state index contributed by atoms with van der Waals surface area (Å²) in [5.41, 5.74) is 25.9. The fourth-order valence-electron chi connectivity index (χ4n) is 16.2. The van der Waals surface area contributed by atoms with Crippen molar-refractivity contribution in [3.63, 3.8) is 0 Å². The topological polar surface area (TPSA) is 60.7 Å². The van der Waals surface area contributed by atoms with E-state index in [9.17, 15) is 19.7 Å². The molecule has 3 nitrogen and oxygen atoms in total. The largest absolute Gasteiger partial charge is 0.378 e. The summed E-state index contributed by atoms with van der Waals surface area (Å²) in [7, 11) is -1.62. The molecule has 16 rings (SSSR count). The second kappa shape index (κ2) is 55.4. The van der Waals surface area contributed by atoms with E-state index in [2.05, 4.69) is 451 Å². The molecule has 7 aliphatic rings. The van der Waals surface area contributed by atoms with Crippen LogP contribution in [0.5, 0.6) is 0 Å². The van der Waals surface area contributed by atoms with Crippen LogP contribution in [0.4, 0.5) is 4.39 Å². The van der Waals surface area contributed by atoms with Crippen LogP contribution in [-0.4, -0.2) is 40.2 Å². The van der Waals surface area contributed by atoms with Gasteiger partial charge in [0.15, 0.2) is 0 Å². The highest BCUT2D eigenvalue weighted by Gasteiger charge is 2.42. The van der Waals surface area contributed by atoms with Gasteiger partial charge in [-0.15, -0.1) is 5.54 Å². The van der Waals surface area contributed by atoms with Crippen LogP contribution in [-0.2, 0) is 0 Å². The Morgan fingerprint density at radius 3 is 0.720 bits per heavy atom. The molecular formula is C138H173FO3Si. The van der Waals surface area contributed by atoms with E-state index in [0.29, 0.717) is 98.0 Å². The van der Waals surface area contributed by atoms with Crippen LogP contribution in [0, 0.1) is 140 Å². The standard InChI is InChI=1S/C20H32Si.C16H20O.C15H18O.3C15H18.C14H15F.C14H18O.C14H16/c1-15(2)20-11-9-10-19(14-20)12-13-21(16(3)4,17(5)6)18(7)8;1-13(2)15-7-5-6-14(12-15)8-11-16(17)9-3-4-10-16;1-12(2)14-6-3-5-13(11-14)7-10-15(16)8-4-9-15;3*1-12(2)14-6-4-5-13(11-14)7-8-15(3)9-10-15;1-10(2)13-7-12(8-14(15)9-13)6-5-11-3-4-11;1-11(2)13-7-5-6-12(10-13)8-9-14(3,4)15;1-11(2)14-5-3-4-13(10-14)9-8-12-6-7-12/h9-11,14-18H,1-8H3;5-7,12-13,17H,3-4,9-10H2,1-2H3;3,5-6,11-12,16H,4,8-9H2,1-2H3;3*4-6,11-12H,9-10H2,1-3H3;7-11H,3-4H2,1-2H3;5-7,10-11,15H,1-4H3;3-5,10-12H,6-7H2,1-2H3. The Morgan fingerprint density at radius 2 is 0.497 bits per heavy atom. The van der Waals surface area contributed by atoms with Crippen molar-refractivity contribution in [3.05, 3.63) is 318 Å². The van der Waals surface area contributed by atoms with Gasteiger partial charge in [0.2, 0.25) is 0 Å². The van der Waals surface area contributed by atoms with Crippen molar-refractivity contribution in [1.29, 1.82) is 0 Å². The lowest BCUT2D eigenvalue weighted by Crippen LogP contribution is -2.43. The van der Waals surface area contributed by atoms with Crippen molar-refractivity contribution in [1.82, 2.24) is 0 Å². The minimum absolute atomic E-state index is 0.179. The van der Waals surface area contributed by atoms with E-state index >= 15 is 0 Å². The number of benzene rings is 9. The Balaban J connectivity index is 0.000000197. The van der Waals surface area contributed by atoms with Crippen molar-refractivity contribution < 1.29 is 19.7 Å². The first-order valence-corrected chi connectivity index (χ1v) is 56.2. The molecule has 0 aliphatic heterocycles. The van der Waals surface area contributed by atoms with Gasteiger partial charge in [-0.3, -0.25) is 0 Å². The maximum atomic E-state index is 13.3. The van der Waals surface area contributed by atoms with Gasteiger partial charge in [-0.2, -0.15) is 0 Å². The van der Waals surface area contributed by atoms with Crippen LogP contribution in [0.25, 0.3) is 0 Å². The minimum Gasteiger partial charge on any atom is -0.378 e. The highest BCUT2D eigenvalue weighted by atomic mass is 28.3. The first-order chi connectivity index (χ1) is 67.4. The van der Waals surface area contributed by atoms with Crippen LogP contribution in [0.15, 0.2) is 212 Å². The Bertz CT molecular complexity index is 5880. The highest BCUT2D eigenvalue weighted by molar-refractivity contribution is 6.90. The third-order valence-corrected chi connectivity index (χ3v) is 34.1. The summed E-state index contributed by atoms with van der Waals surface area (Å²) in [6, 6.07) is 72.9. The van der Waals surface area contributed by atoms with Crippen LogP contribution < -0.4 is 0 Å². The van der Waals surface area contributed by atoms with Gasteiger partial charge in [-0.05, 0) is 379 Å². The molecular weight excluding hydrogens is 1750 g/mol. The molecule has 9 aromatic rings. The maximum absolute atomic E-state index is 13.3. The summed E-state index contributed by atoms with van der Waals surface area (Å²) in [4.78, 5) is 0. The Labute approximate surface area is 870 Å². The molecule has 0 spiro atoms. The highest BCUT2D eigenvalue weighted by Crippen LogP contribution is 2.47. The average molecular weight is 1930 g/mol. The molecule has 0 heterocycles. The van der Waals surface area contributed by atoms with Crippen molar-refractivity contribution in [2.24, 2.45) is 28.1 Å². The zero-order valence-electron chi connectivity index (χ0n) is 93.0. The Kier molecular flexibility index (Phi) is 45.4. The van der Waals surface area contributed by atoms with E-state index in [1.165, 1.54) is 126 Å². The zero-order valence-corrected chi connectivity index (χ0v) is 94.0. The molecule has 3 N–H and O–H groups in total. The van der Waals surface area contributed by atoms with Crippen LogP contribution >= 0.6 is 0 Å². The molecule has 7 fully saturated rings. The number of halogens is 1. The van der Waals surface area contributed by atoms with Gasteiger partial charge >= 0.3 is 0 Å². The van der Waals surface area contributed by atoms with Crippen LogP contribution in [0.3, 0.4) is 0 Å². The SMILES string of the molecule is CC(C)c1cc(F)cc(C#CC2CC2)c1.CC(C)c1cccc(C#CC(C)(C)O)c1.CC(C)c1cccc(C#CC2(C)CC2)c1.CC(C)c1cccc(C#CC2(C)CC2)c1.CC(C)c1cccc(C#CC2(C)CC2)c1.CC(C)c1cccc(C#CC2(O)CCC2)c1.CC(C)c1cccc(C#CC2(O)CCCC2)c1.CC(C)c1cccc(C#CC2CC2)c1.CC(C)c1cccc(C#C[Si](C(C)C)(C(C)C)C(C)C)c1. The van der Waals surface area contributed by atoms with Gasteiger partial charge in [-0.1, -0.05) is 364 Å². The number of hydrogen-bond donors (Lipinski definition) is 3. The molecule has 0 amide bonds. The van der Waals surface area contributed by atoms with E-state index in [1.807, 2.05) is 42.5 Å². The molecule has 0 radical (unpaired) electrons. The lowest BCUT2D eigenvalue weighted by atomic mass is 9.81. The molecule has 0 saturated heterocycles. The third kappa shape index (κ3) is 43.1. The van der Waals surface area contributed by atoms with Gasteiger partial charge in [0, 0.05) is 78.2 Å². The average Bonchev–Trinajstić information content (AvgIpc) is 1.80. The minimum atomic E-state index is -1.62. The smallest absolute Gasteiger partial charge is 0.146 e. The second-order valence-corrected chi connectivity index (χ2v) is 51.8. The van der Waals surface area contributed by atoms with Crippen molar-refractivity contribution >= 4 is 8.07 Å². The summed E-state index contributed by atoms with van der Waals surface area (Å²) >= 11 is 0. The van der Waals surface area contributed by atoms with Gasteiger partial charge in [-0.25, -0.2) is 4.39 Å². The van der Waals surface area contributed by atoms with Crippen molar-refractivity contribution in [2.45, 2.75) is 397 Å². The zero-order chi connectivity index (χ0) is 105. The van der Waals surface area contributed by atoms with E-state index in [1.54, 1.807) is 19.9 Å². The predicted molar refractivity (Wildman–Crippen MR) is 614 cm³/mol. The summed E-state index contributed by atoms with van der Waals surface area (Å²) in [6.07, 6.45) is 19.2. The second-order valence-electron chi connectivity index (χ2n) is 46.3. The van der Waals surface area contributed by atoms with Gasteiger partial charge in [0.1, 0.15) is 30.7 Å². The fraction of sp³-hybridized carbons (Fsp3) is 0.478. The van der Waals surface area contributed by atoms with Gasteiger partial charge < -0.3 is 15.3 Å². The molecule has 0 atom stereocenters. The molecule has 143 heavy (non-hydrogen) atoms. The Hall–Kier alpha value is -11.0. The predicted octanol–water partition coefficient (Wildman–Crippen LogP) is 35.0. The third-order valence-electron chi connectivity index (χ3n) is 27.8. The Morgan fingerprint density at radius 1 is 0.273 bits per heavy atom. The quantitative estimate of drug-likeness (QED) is 0.0844. The molecule has 7 aliphatic carbocycles. The van der Waals surface area contributed by atoms with Crippen LogP contribution in [0.1, 0.15) is 463 Å². The monoisotopic (exact) mass is 1930 g/mol. The molecule has 0 bridgehead atoms. The molecule has 9 aromatic carbocycles. The molecule has 7 saturated carbocycles. The summed E-state index contributed by atoms with van der Waals surface area (Å²) in [6.45, 7) is 63.6. The van der Waals surface area contributed by atoms with E-state index < -0.39 is 24.9 Å². The van der Waals surface area contributed by atoms with Gasteiger partial charge in [0.25, 0.3) is 0 Å². The molecule has 0 aromatic heterocycles. The normalized spacial score (nSPS) is 15.4. The summed E-state index contributed by atoms with van der Waals surface area (Å²) in [5, 5.41) is 29.5. The van der Waals surface area contributed by atoms with E-state index in [-0.39, 0.29) is 5.82 Å². The molecule has 0 unspecified atom stereocenters. The fourth-order valence-corrected chi connectivity index (χ4v) is 21.4. The lowest BCUT2D eigenvalue weighted by Gasteiger charge is -2.38.